The van der Waals surface area contributed by atoms with Gasteiger partial charge in [-0.3, -0.25) is 14.5 Å². The first-order valence-corrected chi connectivity index (χ1v) is 11.2. The largest absolute Gasteiger partial charge is 0.479 e. The average molecular weight is 476 g/mol. The Bertz CT molecular complexity index is 1180. The quantitative estimate of drug-likeness (QED) is 0.535. The zero-order valence-corrected chi connectivity index (χ0v) is 19.3. The molecule has 0 spiro atoms. The molecule has 4 rings (SSSR count). The van der Waals surface area contributed by atoms with Gasteiger partial charge in [0, 0.05) is 16.0 Å². The minimum atomic E-state index is -0.819. The molecule has 0 aliphatic carbocycles. The maximum atomic E-state index is 13.0. The molecule has 0 saturated carbocycles. The van der Waals surface area contributed by atoms with Gasteiger partial charge in [-0.2, -0.15) is 0 Å². The molecule has 2 aromatic carbocycles. The van der Waals surface area contributed by atoms with Crippen LogP contribution in [0.1, 0.15) is 18.9 Å². The third-order valence-corrected chi connectivity index (χ3v) is 6.31. The number of fused-ring (bicyclic) bond motifs is 1. The summed E-state index contributed by atoms with van der Waals surface area (Å²) in [5, 5.41) is 6.45. The van der Waals surface area contributed by atoms with Gasteiger partial charge in [0.05, 0.1) is 27.1 Å². The number of carbonyl (C=O) groups excluding carboxylic acids is 2. The zero-order chi connectivity index (χ0) is 22.3. The molecule has 3 aromatic rings. The highest BCUT2D eigenvalue weighted by Gasteiger charge is 2.37. The summed E-state index contributed by atoms with van der Waals surface area (Å²) in [5.41, 5.74) is 2.54. The minimum Gasteiger partial charge on any atom is -0.479 e. The predicted molar refractivity (Wildman–Crippen MR) is 124 cm³/mol. The number of hydrogen-bond acceptors (Lipinski definition) is 5. The number of nitrogens with one attached hydrogen (secondary N) is 1. The molecule has 0 saturated heterocycles. The summed E-state index contributed by atoms with van der Waals surface area (Å²) in [5.74, 6) is -0.172. The van der Waals surface area contributed by atoms with Gasteiger partial charge in [-0.1, -0.05) is 23.2 Å². The number of aromatic nitrogens is 1. The van der Waals surface area contributed by atoms with Gasteiger partial charge < -0.3 is 10.1 Å². The third kappa shape index (κ3) is 4.26. The van der Waals surface area contributed by atoms with Gasteiger partial charge in [0.2, 0.25) is 5.91 Å². The molecule has 0 bridgehead atoms. The molecule has 2 atom stereocenters. The highest BCUT2D eigenvalue weighted by molar-refractivity contribution is 7.09. The summed E-state index contributed by atoms with van der Waals surface area (Å²) in [6, 6.07) is 9.49. The van der Waals surface area contributed by atoms with Gasteiger partial charge in [-0.15, -0.1) is 11.3 Å². The fraction of sp³-hybridized carbons (Fsp3) is 0.227. The van der Waals surface area contributed by atoms with Gasteiger partial charge in [-0.25, -0.2) is 4.98 Å². The Kier molecular flexibility index (Phi) is 5.92. The van der Waals surface area contributed by atoms with Crippen molar-refractivity contribution < 1.29 is 14.3 Å². The van der Waals surface area contributed by atoms with Crippen LogP contribution in [0.4, 0.5) is 11.4 Å². The number of anilines is 2. The summed E-state index contributed by atoms with van der Waals surface area (Å²) in [6.45, 7) is 5.25. The average Bonchev–Trinajstić information content (AvgIpc) is 3.17. The number of carbonyl (C=O) groups is 2. The second-order valence-electron chi connectivity index (χ2n) is 7.19. The van der Waals surface area contributed by atoms with E-state index in [2.05, 4.69) is 10.3 Å². The van der Waals surface area contributed by atoms with Crippen LogP contribution in [0.15, 0.2) is 41.8 Å². The number of ether oxygens (including phenoxy) is 1. The van der Waals surface area contributed by atoms with Crippen LogP contribution in [-0.4, -0.2) is 28.9 Å². The van der Waals surface area contributed by atoms with Crippen molar-refractivity contribution in [3.8, 4) is 17.0 Å². The Morgan fingerprint density at radius 2 is 2.03 bits per heavy atom. The number of rotatable bonds is 4. The number of nitrogens with zero attached hydrogens (tertiary/aromatic N) is 2. The van der Waals surface area contributed by atoms with Crippen molar-refractivity contribution in [3.63, 3.8) is 0 Å². The van der Waals surface area contributed by atoms with Crippen LogP contribution in [0.3, 0.4) is 0 Å². The monoisotopic (exact) mass is 475 g/mol. The van der Waals surface area contributed by atoms with Crippen molar-refractivity contribution in [2.75, 3.05) is 10.2 Å². The Morgan fingerprint density at radius 1 is 1.26 bits per heavy atom. The van der Waals surface area contributed by atoms with Crippen LogP contribution in [-0.2, 0) is 9.59 Å². The molecule has 2 amide bonds. The van der Waals surface area contributed by atoms with E-state index in [-0.39, 0.29) is 5.91 Å². The van der Waals surface area contributed by atoms with E-state index in [0.717, 1.165) is 16.3 Å². The molecular formula is C22H19Cl2N3O3S. The van der Waals surface area contributed by atoms with Crippen LogP contribution < -0.4 is 15.0 Å². The van der Waals surface area contributed by atoms with Crippen LogP contribution in [0.25, 0.3) is 11.3 Å². The summed E-state index contributed by atoms with van der Waals surface area (Å²) in [6.07, 6.45) is -0.718. The molecule has 2 heterocycles. The Balaban J connectivity index is 1.69. The number of amides is 2. The standard InChI is InChI=1S/C22H19Cl2N3O3S/c1-11(21(28)26-17-9-15(23)5-6-16(17)24)27-19-8-14(18-10-31-13(3)25-18)4-7-20(19)30-12(2)22(27)29/h4-12H,1-3H3,(H,26,28). The molecule has 2 unspecified atom stereocenters. The van der Waals surface area contributed by atoms with E-state index in [1.54, 1.807) is 49.4 Å². The lowest BCUT2D eigenvalue weighted by Crippen LogP contribution is -2.52. The molecule has 1 aromatic heterocycles. The third-order valence-electron chi connectivity index (χ3n) is 4.98. The molecule has 1 aliphatic heterocycles. The van der Waals surface area contributed by atoms with E-state index in [1.165, 1.54) is 4.90 Å². The first-order valence-electron chi connectivity index (χ1n) is 9.57. The van der Waals surface area contributed by atoms with Crippen LogP contribution in [0.2, 0.25) is 10.0 Å². The lowest BCUT2D eigenvalue weighted by Gasteiger charge is -2.36. The van der Waals surface area contributed by atoms with Gasteiger partial charge in [0.25, 0.3) is 5.91 Å². The Morgan fingerprint density at radius 3 is 2.74 bits per heavy atom. The van der Waals surface area contributed by atoms with E-state index >= 15 is 0 Å². The fourth-order valence-electron chi connectivity index (χ4n) is 3.36. The zero-order valence-electron chi connectivity index (χ0n) is 17.0. The second kappa shape index (κ2) is 8.49. The van der Waals surface area contributed by atoms with Gasteiger partial charge >= 0.3 is 0 Å². The molecule has 160 valence electrons. The number of thiazole rings is 1. The Labute approximate surface area is 193 Å². The Hall–Kier alpha value is -2.61. The fourth-order valence-corrected chi connectivity index (χ4v) is 4.32. The molecule has 0 radical (unpaired) electrons. The van der Waals surface area contributed by atoms with Crippen molar-refractivity contribution in [2.24, 2.45) is 0 Å². The predicted octanol–water partition coefficient (Wildman–Crippen LogP) is 5.57. The maximum absolute atomic E-state index is 13.0. The second-order valence-corrected chi connectivity index (χ2v) is 9.10. The van der Waals surface area contributed by atoms with Gasteiger partial charge in [0.15, 0.2) is 6.10 Å². The van der Waals surface area contributed by atoms with E-state index in [9.17, 15) is 9.59 Å². The SMILES string of the molecule is Cc1nc(-c2ccc3c(c2)N(C(C)C(=O)Nc2cc(Cl)ccc2Cl)C(=O)C(C)O3)cs1. The van der Waals surface area contributed by atoms with Crippen LogP contribution >= 0.6 is 34.5 Å². The maximum Gasteiger partial charge on any atom is 0.268 e. The lowest BCUT2D eigenvalue weighted by atomic mass is 10.1. The van der Waals surface area contributed by atoms with Crippen molar-refractivity contribution >= 4 is 57.7 Å². The van der Waals surface area contributed by atoms with Crippen molar-refractivity contribution in [3.05, 3.63) is 56.8 Å². The first-order chi connectivity index (χ1) is 14.7. The minimum absolute atomic E-state index is 0.307. The molecule has 1 aliphatic rings. The summed E-state index contributed by atoms with van der Waals surface area (Å²) in [4.78, 5) is 32.0. The smallest absolute Gasteiger partial charge is 0.268 e. The number of aryl methyl sites for hydroxylation is 1. The van der Waals surface area contributed by atoms with Crippen molar-refractivity contribution in [1.29, 1.82) is 0 Å². The van der Waals surface area contributed by atoms with Crippen LogP contribution in [0, 0.1) is 6.92 Å². The van der Waals surface area contributed by atoms with E-state index in [0.29, 0.717) is 27.2 Å². The van der Waals surface area contributed by atoms with Crippen molar-refractivity contribution in [2.45, 2.75) is 32.9 Å². The van der Waals surface area contributed by atoms with Gasteiger partial charge in [-0.05, 0) is 57.2 Å². The molecule has 31 heavy (non-hydrogen) atoms. The highest BCUT2D eigenvalue weighted by Crippen LogP contribution is 2.39. The summed E-state index contributed by atoms with van der Waals surface area (Å²) < 4.78 is 5.77. The molecule has 1 N–H and O–H groups in total. The van der Waals surface area contributed by atoms with E-state index in [1.807, 2.05) is 24.4 Å². The first kappa shape index (κ1) is 21.6. The normalized spacial score (nSPS) is 16.5. The van der Waals surface area contributed by atoms with Crippen LogP contribution in [0.5, 0.6) is 5.75 Å². The summed E-state index contributed by atoms with van der Waals surface area (Å²) in [7, 11) is 0. The summed E-state index contributed by atoms with van der Waals surface area (Å²) >= 11 is 13.7. The molecule has 9 heteroatoms. The number of hydrogen-bond donors (Lipinski definition) is 1. The number of halogens is 2. The number of benzene rings is 2. The van der Waals surface area contributed by atoms with E-state index in [4.69, 9.17) is 27.9 Å². The van der Waals surface area contributed by atoms with Gasteiger partial charge in [0.1, 0.15) is 11.8 Å². The molecule has 6 nitrogen and oxygen atoms in total. The topological polar surface area (TPSA) is 71.5 Å². The molecular weight excluding hydrogens is 457 g/mol. The van der Waals surface area contributed by atoms with E-state index < -0.39 is 18.1 Å². The van der Waals surface area contributed by atoms with Crippen molar-refractivity contribution in [1.82, 2.24) is 4.98 Å². The molecule has 0 fully saturated rings. The highest BCUT2D eigenvalue weighted by atomic mass is 35.5. The lowest BCUT2D eigenvalue weighted by molar-refractivity contribution is -0.128.